The highest BCUT2D eigenvalue weighted by atomic mass is 16.7. The fourth-order valence-corrected chi connectivity index (χ4v) is 2.67. The van der Waals surface area contributed by atoms with E-state index in [1.807, 2.05) is 25.1 Å². The molecule has 1 N–H and O–H groups in total. The number of benzene rings is 2. The van der Waals surface area contributed by atoms with Crippen molar-refractivity contribution >= 4 is 17.0 Å². The Kier molecular flexibility index (Phi) is 4.20. The predicted molar refractivity (Wildman–Crippen MR) is 94.9 cm³/mol. The molecule has 1 aliphatic heterocycles. The summed E-state index contributed by atoms with van der Waals surface area (Å²) in [4.78, 5) is 16.3. The molecule has 1 aliphatic rings. The molecule has 0 radical (unpaired) electrons. The summed E-state index contributed by atoms with van der Waals surface area (Å²) in [5, 5.41) is 2.74. The van der Waals surface area contributed by atoms with Crippen LogP contribution in [-0.2, 0) is 11.2 Å². The summed E-state index contributed by atoms with van der Waals surface area (Å²) in [6.45, 7) is 2.60. The summed E-state index contributed by atoms with van der Waals surface area (Å²) in [6.07, 6.45) is 0.506. The molecule has 0 saturated heterocycles. The van der Waals surface area contributed by atoms with Gasteiger partial charge in [-0.3, -0.25) is 4.79 Å². The van der Waals surface area contributed by atoms with Gasteiger partial charge in [-0.2, -0.15) is 0 Å². The highest BCUT2D eigenvalue weighted by Crippen LogP contribution is 2.32. The van der Waals surface area contributed by atoms with Crippen molar-refractivity contribution < 1.29 is 18.7 Å². The first kappa shape index (κ1) is 16.0. The SMILES string of the molecule is Cc1cccc2oc(CCNC(=O)C#Cc3ccc4c(c3)OCO4)nc12. The maximum Gasteiger partial charge on any atom is 0.296 e. The second kappa shape index (κ2) is 6.81. The number of aromatic nitrogens is 1. The van der Waals surface area contributed by atoms with Crippen LogP contribution in [0.3, 0.4) is 0 Å². The maximum absolute atomic E-state index is 11.9. The van der Waals surface area contributed by atoms with Crippen molar-refractivity contribution in [1.82, 2.24) is 10.3 Å². The molecule has 3 aromatic rings. The quantitative estimate of drug-likeness (QED) is 0.737. The van der Waals surface area contributed by atoms with Crippen molar-refractivity contribution in [1.29, 1.82) is 0 Å². The Hall–Kier alpha value is -3.46. The van der Waals surface area contributed by atoms with Crippen LogP contribution < -0.4 is 14.8 Å². The summed E-state index contributed by atoms with van der Waals surface area (Å²) >= 11 is 0. The average molecular weight is 348 g/mol. The van der Waals surface area contributed by atoms with E-state index in [2.05, 4.69) is 22.1 Å². The highest BCUT2D eigenvalue weighted by molar-refractivity contribution is 5.94. The van der Waals surface area contributed by atoms with E-state index in [0.29, 0.717) is 35.9 Å². The van der Waals surface area contributed by atoms with Crippen molar-refractivity contribution in [3.63, 3.8) is 0 Å². The average Bonchev–Trinajstić information content (AvgIpc) is 3.26. The van der Waals surface area contributed by atoms with Gasteiger partial charge >= 0.3 is 0 Å². The van der Waals surface area contributed by atoms with Crippen LogP contribution in [0, 0.1) is 18.8 Å². The van der Waals surface area contributed by atoms with Crippen LogP contribution in [0.4, 0.5) is 0 Å². The second-order valence-electron chi connectivity index (χ2n) is 5.85. The predicted octanol–water partition coefficient (Wildman–Crippen LogP) is 2.58. The third-order valence-electron chi connectivity index (χ3n) is 3.98. The minimum atomic E-state index is -0.352. The monoisotopic (exact) mass is 348 g/mol. The van der Waals surface area contributed by atoms with Gasteiger partial charge in [0.1, 0.15) is 5.52 Å². The molecule has 6 heteroatoms. The van der Waals surface area contributed by atoms with Gasteiger partial charge < -0.3 is 19.2 Å². The molecular formula is C20H16N2O4. The molecular weight excluding hydrogens is 332 g/mol. The van der Waals surface area contributed by atoms with Gasteiger partial charge in [-0.25, -0.2) is 4.98 Å². The van der Waals surface area contributed by atoms with Gasteiger partial charge in [-0.1, -0.05) is 18.1 Å². The number of oxazole rings is 1. The molecule has 26 heavy (non-hydrogen) atoms. The van der Waals surface area contributed by atoms with E-state index in [4.69, 9.17) is 13.9 Å². The number of carbonyl (C=O) groups is 1. The van der Waals surface area contributed by atoms with Crippen molar-refractivity contribution in [3.8, 4) is 23.3 Å². The molecule has 2 aromatic carbocycles. The molecule has 0 atom stereocenters. The molecule has 0 spiro atoms. The standard InChI is InChI=1S/C20H16N2O4/c1-13-3-2-4-16-20(13)22-19(26-16)9-10-21-18(23)8-6-14-5-7-15-17(11-14)25-12-24-15/h2-5,7,11H,9-10,12H2,1H3,(H,21,23). The molecule has 0 bridgehead atoms. The molecule has 0 aliphatic carbocycles. The van der Waals surface area contributed by atoms with Crippen LogP contribution in [0.1, 0.15) is 17.0 Å². The number of rotatable bonds is 3. The number of hydrogen-bond acceptors (Lipinski definition) is 5. The van der Waals surface area contributed by atoms with Gasteiger partial charge in [0.15, 0.2) is 23.0 Å². The molecule has 6 nitrogen and oxygen atoms in total. The normalized spacial score (nSPS) is 11.9. The lowest BCUT2D eigenvalue weighted by Gasteiger charge is -1.97. The van der Waals surface area contributed by atoms with Crippen LogP contribution in [-0.4, -0.2) is 24.2 Å². The van der Waals surface area contributed by atoms with Gasteiger partial charge in [0.05, 0.1) is 0 Å². The number of fused-ring (bicyclic) bond motifs is 2. The van der Waals surface area contributed by atoms with Crippen molar-refractivity contribution in [2.75, 3.05) is 13.3 Å². The van der Waals surface area contributed by atoms with Crippen LogP contribution in [0.2, 0.25) is 0 Å². The van der Waals surface area contributed by atoms with Crippen LogP contribution >= 0.6 is 0 Å². The minimum Gasteiger partial charge on any atom is -0.454 e. The Balaban J connectivity index is 1.33. The zero-order valence-corrected chi connectivity index (χ0v) is 14.2. The number of aryl methyl sites for hydroxylation is 1. The Morgan fingerprint density at radius 2 is 2.12 bits per heavy atom. The largest absolute Gasteiger partial charge is 0.454 e. The van der Waals surface area contributed by atoms with E-state index >= 15 is 0 Å². The summed E-state index contributed by atoms with van der Waals surface area (Å²) < 4.78 is 16.2. The summed E-state index contributed by atoms with van der Waals surface area (Å²) in [6, 6.07) is 11.1. The van der Waals surface area contributed by atoms with Crippen LogP contribution in [0.15, 0.2) is 40.8 Å². The first-order valence-corrected chi connectivity index (χ1v) is 8.23. The first-order valence-electron chi connectivity index (χ1n) is 8.23. The van der Waals surface area contributed by atoms with Gasteiger partial charge in [0.2, 0.25) is 6.79 Å². The third-order valence-corrected chi connectivity index (χ3v) is 3.98. The fourth-order valence-electron chi connectivity index (χ4n) is 2.67. The number of nitrogens with one attached hydrogen (secondary N) is 1. The summed E-state index contributed by atoms with van der Waals surface area (Å²) in [5.74, 6) is 6.95. The van der Waals surface area contributed by atoms with Crippen molar-refractivity contribution in [2.45, 2.75) is 13.3 Å². The molecule has 4 rings (SSSR count). The van der Waals surface area contributed by atoms with Crippen LogP contribution in [0.5, 0.6) is 11.5 Å². The molecule has 1 amide bonds. The molecule has 1 aromatic heterocycles. The number of nitrogens with zero attached hydrogens (tertiary/aromatic N) is 1. The van der Waals surface area contributed by atoms with Crippen molar-refractivity contribution in [3.05, 3.63) is 53.4 Å². The lowest BCUT2D eigenvalue weighted by atomic mass is 10.2. The smallest absolute Gasteiger partial charge is 0.296 e. The summed E-state index contributed by atoms with van der Waals surface area (Å²) in [7, 11) is 0. The van der Waals surface area contributed by atoms with E-state index in [9.17, 15) is 4.79 Å². The fraction of sp³-hybridized carbons (Fsp3) is 0.200. The molecule has 0 unspecified atom stereocenters. The van der Waals surface area contributed by atoms with E-state index in [1.54, 1.807) is 18.2 Å². The molecule has 130 valence electrons. The van der Waals surface area contributed by atoms with Gasteiger partial charge in [0.25, 0.3) is 5.91 Å². The van der Waals surface area contributed by atoms with Crippen molar-refractivity contribution in [2.24, 2.45) is 0 Å². The third kappa shape index (κ3) is 3.33. The van der Waals surface area contributed by atoms with E-state index in [1.165, 1.54) is 0 Å². The first-order chi connectivity index (χ1) is 12.7. The van der Waals surface area contributed by atoms with E-state index < -0.39 is 0 Å². The maximum atomic E-state index is 11.9. The van der Waals surface area contributed by atoms with E-state index in [0.717, 1.165) is 16.7 Å². The number of ether oxygens (including phenoxy) is 2. The Morgan fingerprint density at radius 1 is 1.23 bits per heavy atom. The molecule has 0 fully saturated rings. The Morgan fingerprint density at radius 3 is 3.00 bits per heavy atom. The van der Waals surface area contributed by atoms with Crippen LogP contribution in [0.25, 0.3) is 11.1 Å². The topological polar surface area (TPSA) is 73.6 Å². The summed E-state index contributed by atoms with van der Waals surface area (Å²) in [5.41, 5.74) is 3.38. The number of carbonyl (C=O) groups excluding carboxylic acids is 1. The number of para-hydroxylation sites is 1. The van der Waals surface area contributed by atoms with Gasteiger partial charge in [-0.15, -0.1) is 0 Å². The zero-order chi connectivity index (χ0) is 17.9. The molecule has 2 heterocycles. The van der Waals surface area contributed by atoms with Gasteiger partial charge in [-0.05, 0) is 36.8 Å². The lowest BCUT2D eigenvalue weighted by Crippen LogP contribution is -2.24. The Labute approximate surface area is 150 Å². The highest BCUT2D eigenvalue weighted by Gasteiger charge is 2.12. The lowest BCUT2D eigenvalue weighted by molar-refractivity contribution is -0.115. The minimum absolute atomic E-state index is 0.210. The molecule has 0 saturated carbocycles. The Bertz CT molecular complexity index is 1040. The van der Waals surface area contributed by atoms with E-state index in [-0.39, 0.29) is 12.7 Å². The number of amides is 1. The van der Waals surface area contributed by atoms with Gasteiger partial charge in [0, 0.05) is 24.4 Å². The zero-order valence-electron chi connectivity index (χ0n) is 14.2. The second-order valence-corrected chi connectivity index (χ2v) is 5.85. The number of hydrogen-bond donors (Lipinski definition) is 1.